The average molecular weight is 349 g/mol. The lowest BCUT2D eigenvalue weighted by Gasteiger charge is -2.21. The molecular weight excluding hydrogens is 318 g/mol. The monoisotopic (exact) mass is 349 g/mol. The molecule has 6 heteroatoms. The molecule has 1 aliphatic rings. The number of rotatable bonds is 7. The molecule has 140 valence electrons. The van der Waals surface area contributed by atoms with Crippen LogP contribution in [-0.2, 0) is 6.42 Å². The summed E-state index contributed by atoms with van der Waals surface area (Å²) in [4.78, 5) is 16.5. The highest BCUT2D eigenvalue weighted by Gasteiger charge is 2.16. The topological polar surface area (TPSA) is 54.0 Å². The minimum atomic E-state index is 0.0326. The van der Waals surface area contributed by atoms with Gasteiger partial charge >= 0.3 is 6.03 Å². The Morgan fingerprint density at radius 3 is 2.80 bits per heavy atom. The zero-order valence-corrected chi connectivity index (χ0v) is 15.7. The second-order valence-electron chi connectivity index (χ2n) is 6.46. The van der Waals surface area contributed by atoms with Crippen molar-refractivity contribution in [3.8, 4) is 11.5 Å². The van der Waals surface area contributed by atoms with Crippen molar-refractivity contribution >= 4 is 6.03 Å². The van der Waals surface area contributed by atoms with Gasteiger partial charge in [0, 0.05) is 26.2 Å². The molecule has 6 nitrogen and oxygen atoms in total. The van der Waals surface area contributed by atoms with Crippen molar-refractivity contribution in [2.24, 2.45) is 0 Å². The van der Waals surface area contributed by atoms with E-state index in [-0.39, 0.29) is 6.03 Å². The van der Waals surface area contributed by atoms with E-state index in [1.165, 1.54) is 0 Å². The maximum atomic E-state index is 12.3. The molecule has 1 aromatic carbocycles. The van der Waals surface area contributed by atoms with Crippen LogP contribution in [0.3, 0.4) is 0 Å². The number of nitrogens with one attached hydrogen (secondary N) is 1. The van der Waals surface area contributed by atoms with Gasteiger partial charge in [-0.3, -0.25) is 0 Å². The number of amides is 2. The average Bonchev–Trinajstić information content (AvgIpc) is 2.85. The molecule has 2 amide bonds. The zero-order valence-electron chi connectivity index (χ0n) is 15.7. The van der Waals surface area contributed by atoms with E-state index in [0.717, 1.165) is 62.5 Å². The van der Waals surface area contributed by atoms with E-state index in [9.17, 15) is 4.79 Å². The number of benzene rings is 1. The number of hydrogen-bond acceptors (Lipinski definition) is 4. The minimum absolute atomic E-state index is 0.0326. The summed E-state index contributed by atoms with van der Waals surface area (Å²) in [6, 6.07) is 5.99. The van der Waals surface area contributed by atoms with Gasteiger partial charge in [0.2, 0.25) is 0 Å². The Balaban J connectivity index is 1.81. The maximum absolute atomic E-state index is 12.3. The fraction of sp³-hybridized carbons (Fsp3) is 0.632. The van der Waals surface area contributed by atoms with E-state index < -0.39 is 0 Å². The second-order valence-corrected chi connectivity index (χ2v) is 6.46. The summed E-state index contributed by atoms with van der Waals surface area (Å²) in [7, 11) is 3.75. The van der Waals surface area contributed by atoms with E-state index in [1.54, 1.807) is 7.11 Å². The molecule has 1 saturated heterocycles. The van der Waals surface area contributed by atoms with Crippen LogP contribution in [0.1, 0.15) is 25.3 Å². The van der Waals surface area contributed by atoms with Crippen molar-refractivity contribution in [2.45, 2.75) is 26.2 Å². The number of carbonyl (C=O) groups excluding carboxylic acids is 1. The molecule has 2 rings (SSSR count). The summed E-state index contributed by atoms with van der Waals surface area (Å²) in [6.07, 6.45) is 2.76. The van der Waals surface area contributed by atoms with Gasteiger partial charge in [0.05, 0.1) is 13.7 Å². The van der Waals surface area contributed by atoms with E-state index in [1.807, 2.05) is 23.1 Å². The molecule has 1 fully saturated rings. The Hall–Kier alpha value is -1.95. The number of likely N-dealkylation sites (N-methyl/N-ethyl adjacent to an activating group) is 1. The van der Waals surface area contributed by atoms with Crippen LogP contribution in [-0.4, -0.2) is 69.3 Å². The summed E-state index contributed by atoms with van der Waals surface area (Å²) in [5, 5.41) is 3.03. The predicted octanol–water partition coefficient (Wildman–Crippen LogP) is 2.37. The molecule has 25 heavy (non-hydrogen) atoms. The normalized spacial score (nSPS) is 15.6. The molecule has 1 heterocycles. The van der Waals surface area contributed by atoms with Crippen molar-refractivity contribution in [3.63, 3.8) is 0 Å². The minimum Gasteiger partial charge on any atom is -0.493 e. The van der Waals surface area contributed by atoms with Crippen molar-refractivity contribution < 1.29 is 14.3 Å². The Morgan fingerprint density at radius 1 is 1.20 bits per heavy atom. The third kappa shape index (κ3) is 6.12. The predicted molar refractivity (Wildman–Crippen MR) is 99.6 cm³/mol. The number of hydrogen-bond donors (Lipinski definition) is 1. The fourth-order valence-electron chi connectivity index (χ4n) is 2.87. The first-order valence-electron chi connectivity index (χ1n) is 9.15. The summed E-state index contributed by atoms with van der Waals surface area (Å²) in [5.41, 5.74) is 1.12. The largest absolute Gasteiger partial charge is 0.493 e. The lowest BCUT2D eigenvalue weighted by atomic mass is 10.1. The highest BCUT2D eigenvalue weighted by Crippen LogP contribution is 2.28. The molecule has 0 radical (unpaired) electrons. The smallest absolute Gasteiger partial charge is 0.317 e. The van der Waals surface area contributed by atoms with Gasteiger partial charge in [-0.15, -0.1) is 0 Å². The van der Waals surface area contributed by atoms with Crippen molar-refractivity contribution in [1.29, 1.82) is 0 Å². The van der Waals surface area contributed by atoms with Crippen molar-refractivity contribution in [2.75, 3.05) is 53.5 Å². The molecule has 0 saturated carbocycles. The number of ether oxygens (including phenoxy) is 2. The van der Waals surface area contributed by atoms with Gasteiger partial charge in [-0.2, -0.15) is 0 Å². The molecule has 0 aromatic heterocycles. The zero-order chi connectivity index (χ0) is 18.1. The van der Waals surface area contributed by atoms with Crippen LogP contribution >= 0.6 is 0 Å². The third-order valence-corrected chi connectivity index (χ3v) is 4.39. The maximum Gasteiger partial charge on any atom is 0.317 e. The van der Waals surface area contributed by atoms with E-state index in [0.29, 0.717) is 13.2 Å². The number of nitrogens with zero attached hydrogens (tertiary/aromatic N) is 2. The number of carbonyl (C=O) groups is 1. The SMILES string of the molecule is CCCOc1ccc(CCNC(=O)N2CCCN(C)CC2)cc1OC. The summed E-state index contributed by atoms with van der Waals surface area (Å²) >= 11 is 0. The Kier molecular flexibility index (Phi) is 7.85. The van der Waals surface area contributed by atoms with Crippen LogP contribution in [0.4, 0.5) is 4.79 Å². The van der Waals surface area contributed by atoms with Gasteiger partial charge in [0.15, 0.2) is 11.5 Å². The summed E-state index contributed by atoms with van der Waals surface area (Å²) < 4.78 is 11.1. The van der Waals surface area contributed by atoms with Gasteiger partial charge in [-0.25, -0.2) is 4.79 Å². The van der Waals surface area contributed by atoms with Gasteiger partial charge < -0.3 is 24.6 Å². The van der Waals surface area contributed by atoms with E-state index >= 15 is 0 Å². The van der Waals surface area contributed by atoms with Gasteiger partial charge in [-0.05, 0) is 50.6 Å². The van der Waals surface area contributed by atoms with Crippen LogP contribution in [0.5, 0.6) is 11.5 Å². The molecule has 0 bridgehead atoms. The molecule has 1 aromatic rings. The lowest BCUT2D eigenvalue weighted by Crippen LogP contribution is -2.42. The number of urea groups is 1. The van der Waals surface area contributed by atoms with Gasteiger partial charge in [0.25, 0.3) is 0 Å². The quantitative estimate of drug-likeness (QED) is 0.821. The van der Waals surface area contributed by atoms with Crippen LogP contribution < -0.4 is 14.8 Å². The Bertz CT molecular complexity index is 551. The molecule has 1 N–H and O–H groups in total. The van der Waals surface area contributed by atoms with Crippen LogP contribution in [0.2, 0.25) is 0 Å². The summed E-state index contributed by atoms with van der Waals surface area (Å²) in [6.45, 7) is 6.97. The van der Waals surface area contributed by atoms with Crippen LogP contribution in [0.15, 0.2) is 18.2 Å². The fourth-order valence-corrected chi connectivity index (χ4v) is 2.87. The van der Waals surface area contributed by atoms with Crippen molar-refractivity contribution in [3.05, 3.63) is 23.8 Å². The van der Waals surface area contributed by atoms with Gasteiger partial charge in [-0.1, -0.05) is 13.0 Å². The lowest BCUT2D eigenvalue weighted by molar-refractivity contribution is 0.199. The molecular formula is C19H31N3O3. The van der Waals surface area contributed by atoms with E-state index in [4.69, 9.17) is 9.47 Å². The molecule has 0 spiro atoms. The first kappa shape index (κ1) is 19.4. The molecule has 1 aliphatic heterocycles. The Morgan fingerprint density at radius 2 is 2.04 bits per heavy atom. The first-order chi connectivity index (χ1) is 12.1. The highest BCUT2D eigenvalue weighted by atomic mass is 16.5. The first-order valence-corrected chi connectivity index (χ1v) is 9.15. The van der Waals surface area contributed by atoms with Gasteiger partial charge in [0.1, 0.15) is 0 Å². The molecule has 0 aliphatic carbocycles. The standard InChI is InChI=1S/C19H31N3O3/c1-4-14-25-17-7-6-16(15-18(17)24-3)8-9-20-19(23)22-11-5-10-21(2)12-13-22/h6-7,15H,4-5,8-14H2,1-3H3,(H,20,23). The van der Waals surface area contributed by atoms with E-state index in [2.05, 4.69) is 24.2 Å². The molecule has 0 atom stereocenters. The second kappa shape index (κ2) is 10.1. The third-order valence-electron chi connectivity index (χ3n) is 4.39. The van der Waals surface area contributed by atoms with Crippen molar-refractivity contribution in [1.82, 2.24) is 15.1 Å². The Labute approximate surface area is 151 Å². The molecule has 0 unspecified atom stereocenters. The van der Waals surface area contributed by atoms with Crippen LogP contribution in [0, 0.1) is 0 Å². The highest BCUT2D eigenvalue weighted by molar-refractivity contribution is 5.74. The van der Waals surface area contributed by atoms with Crippen LogP contribution in [0.25, 0.3) is 0 Å². The number of methoxy groups -OCH3 is 1. The summed E-state index contributed by atoms with van der Waals surface area (Å²) in [5.74, 6) is 1.51.